The first kappa shape index (κ1) is 14.8. The Morgan fingerprint density at radius 1 is 1.25 bits per heavy atom. The van der Waals surface area contributed by atoms with Crippen molar-refractivity contribution in [2.45, 2.75) is 19.5 Å². The highest BCUT2D eigenvalue weighted by atomic mass is 35.5. The summed E-state index contributed by atoms with van der Waals surface area (Å²) in [5.41, 5.74) is 1.65. The fourth-order valence-corrected chi connectivity index (χ4v) is 2.17. The average Bonchev–Trinajstić information content (AvgIpc) is 2.48. The maximum absolute atomic E-state index is 13.8. The van der Waals surface area contributed by atoms with Crippen molar-refractivity contribution in [1.29, 1.82) is 0 Å². The average molecular weight is 294 g/mol. The van der Waals surface area contributed by atoms with Crippen LogP contribution in [0.15, 0.2) is 42.5 Å². The molecule has 20 heavy (non-hydrogen) atoms. The second-order valence-electron chi connectivity index (χ2n) is 4.59. The molecule has 2 nitrogen and oxygen atoms in total. The van der Waals surface area contributed by atoms with Gasteiger partial charge in [0.2, 0.25) is 0 Å². The molecule has 0 fully saturated rings. The Kier molecular flexibility index (Phi) is 4.99. The number of halogens is 2. The minimum atomic E-state index is -0.362. The summed E-state index contributed by atoms with van der Waals surface area (Å²) in [4.78, 5) is 0. The van der Waals surface area contributed by atoms with E-state index in [2.05, 4.69) is 5.32 Å². The molecule has 0 aliphatic rings. The van der Waals surface area contributed by atoms with Crippen LogP contribution in [0.3, 0.4) is 0 Å². The van der Waals surface area contributed by atoms with Crippen LogP contribution in [0, 0.1) is 5.82 Å². The predicted octanol–water partition coefficient (Wildman–Crippen LogP) is 4.34. The molecule has 2 aromatic carbocycles. The summed E-state index contributed by atoms with van der Waals surface area (Å²) in [6, 6.07) is 12.9. The van der Waals surface area contributed by atoms with Crippen LogP contribution in [-0.4, -0.2) is 7.11 Å². The number of hydrogen-bond acceptors (Lipinski definition) is 2. The Morgan fingerprint density at radius 2 is 2.00 bits per heavy atom. The minimum absolute atomic E-state index is 0.0866. The molecule has 0 aliphatic carbocycles. The monoisotopic (exact) mass is 293 g/mol. The lowest BCUT2D eigenvalue weighted by atomic mass is 10.1. The molecule has 4 heteroatoms. The van der Waals surface area contributed by atoms with E-state index in [9.17, 15) is 4.39 Å². The van der Waals surface area contributed by atoms with Crippen molar-refractivity contribution in [1.82, 2.24) is 5.32 Å². The zero-order valence-electron chi connectivity index (χ0n) is 11.5. The summed E-state index contributed by atoms with van der Waals surface area (Å²) in [5.74, 6) is 0.449. The molecule has 2 rings (SSSR count). The van der Waals surface area contributed by atoms with Gasteiger partial charge >= 0.3 is 0 Å². The zero-order chi connectivity index (χ0) is 14.5. The lowest BCUT2D eigenvalue weighted by Crippen LogP contribution is -2.18. The van der Waals surface area contributed by atoms with Crippen molar-refractivity contribution in [2.24, 2.45) is 0 Å². The molecular weight excluding hydrogens is 277 g/mol. The summed E-state index contributed by atoms with van der Waals surface area (Å²) >= 11 is 5.77. The van der Waals surface area contributed by atoms with E-state index in [1.165, 1.54) is 0 Å². The highest BCUT2D eigenvalue weighted by molar-refractivity contribution is 6.30. The van der Waals surface area contributed by atoms with Gasteiger partial charge < -0.3 is 10.1 Å². The van der Waals surface area contributed by atoms with E-state index in [-0.39, 0.29) is 16.9 Å². The van der Waals surface area contributed by atoms with Crippen LogP contribution >= 0.6 is 11.6 Å². The molecule has 0 spiro atoms. The van der Waals surface area contributed by atoms with Crippen molar-refractivity contribution in [2.75, 3.05) is 7.11 Å². The van der Waals surface area contributed by atoms with Crippen molar-refractivity contribution in [3.05, 3.63) is 64.4 Å². The summed E-state index contributed by atoms with van der Waals surface area (Å²) in [6.45, 7) is 2.45. The third-order valence-corrected chi connectivity index (χ3v) is 3.52. The van der Waals surface area contributed by atoms with Crippen molar-refractivity contribution in [3.8, 4) is 5.75 Å². The first-order chi connectivity index (χ1) is 9.61. The van der Waals surface area contributed by atoms with E-state index < -0.39 is 0 Å². The third-order valence-electron chi connectivity index (χ3n) is 3.22. The molecule has 1 N–H and O–H groups in total. The van der Waals surface area contributed by atoms with Crippen LogP contribution in [0.25, 0.3) is 0 Å². The van der Waals surface area contributed by atoms with Crippen LogP contribution in [0.4, 0.5) is 4.39 Å². The molecule has 0 unspecified atom stereocenters. The van der Waals surface area contributed by atoms with E-state index >= 15 is 0 Å². The molecule has 1 atom stereocenters. The Balaban J connectivity index is 2.04. The fraction of sp³-hybridized carbons (Fsp3) is 0.250. The van der Waals surface area contributed by atoms with Gasteiger partial charge in [-0.05, 0) is 30.7 Å². The smallest absolute Gasteiger partial charge is 0.146 e. The Bertz CT molecular complexity index is 588. The molecule has 0 aliphatic heterocycles. The second-order valence-corrected chi connectivity index (χ2v) is 5.00. The highest BCUT2D eigenvalue weighted by Crippen LogP contribution is 2.21. The molecule has 106 valence electrons. The lowest BCUT2D eigenvalue weighted by Gasteiger charge is -2.15. The number of nitrogens with one attached hydrogen (secondary N) is 1. The maximum Gasteiger partial charge on any atom is 0.146 e. The van der Waals surface area contributed by atoms with E-state index in [0.717, 1.165) is 11.3 Å². The minimum Gasteiger partial charge on any atom is -0.497 e. The van der Waals surface area contributed by atoms with Gasteiger partial charge in [0, 0.05) is 18.2 Å². The Labute approximate surface area is 123 Å². The Hall–Kier alpha value is -1.58. The first-order valence-corrected chi connectivity index (χ1v) is 6.80. The zero-order valence-corrected chi connectivity index (χ0v) is 12.2. The quantitative estimate of drug-likeness (QED) is 0.885. The van der Waals surface area contributed by atoms with Gasteiger partial charge in [-0.2, -0.15) is 0 Å². The van der Waals surface area contributed by atoms with Gasteiger partial charge in [0.1, 0.15) is 11.6 Å². The molecule has 0 amide bonds. The van der Waals surface area contributed by atoms with Gasteiger partial charge in [-0.25, -0.2) is 4.39 Å². The van der Waals surface area contributed by atoms with Gasteiger partial charge in [-0.1, -0.05) is 35.9 Å². The third kappa shape index (κ3) is 3.50. The second kappa shape index (κ2) is 6.73. The number of benzene rings is 2. The normalized spacial score (nSPS) is 12.2. The van der Waals surface area contributed by atoms with Crippen LogP contribution < -0.4 is 10.1 Å². The van der Waals surface area contributed by atoms with Crippen LogP contribution in [-0.2, 0) is 6.54 Å². The largest absolute Gasteiger partial charge is 0.497 e. The van der Waals surface area contributed by atoms with E-state index in [4.69, 9.17) is 16.3 Å². The van der Waals surface area contributed by atoms with Gasteiger partial charge in [-0.15, -0.1) is 0 Å². The maximum atomic E-state index is 13.8. The molecule has 0 aromatic heterocycles. The van der Waals surface area contributed by atoms with Gasteiger partial charge in [-0.3, -0.25) is 0 Å². The standard InChI is InChI=1S/C16H17ClFNO/c1-11(12-5-3-7-14(9-12)20-2)19-10-13-6-4-8-15(17)16(13)18/h3-9,11,19H,10H2,1-2H3/t11-/m0/s1. The summed E-state index contributed by atoms with van der Waals surface area (Å²) in [5, 5.41) is 3.43. The number of methoxy groups -OCH3 is 1. The van der Waals surface area contributed by atoms with E-state index in [1.807, 2.05) is 31.2 Å². The predicted molar refractivity (Wildman–Crippen MR) is 79.7 cm³/mol. The molecule has 0 bridgehead atoms. The molecule has 0 radical (unpaired) electrons. The highest BCUT2D eigenvalue weighted by Gasteiger charge is 2.09. The van der Waals surface area contributed by atoms with Crippen molar-refractivity contribution < 1.29 is 9.13 Å². The van der Waals surface area contributed by atoms with Crippen LogP contribution in [0.1, 0.15) is 24.1 Å². The van der Waals surface area contributed by atoms with Gasteiger partial charge in [0.05, 0.1) is 12.1 Å². The van der Waals surface area contributed by atoms with Gasteiger partial charge in [0.15, 0.2) is 0 Å². The fourth-order valence-electron chi connectivity index (χ4n) is 1.98. The molecule has 0 heterocycles. The van der Waals surface area contributed by atoms with E-state index in [1.54, 1.807) is 25.3 Å². The van der Waals surface area contributed by atoms with E-state index in [0.29, 0.717) is 12.1 Å². The first-order valence-electron chi connectivity index (χ1n) is 6.42. The summed E-state index contributed by atoms with van der Waals surface area (Å²) in [7, 11) is 1.64. The number of hydrogen-bond donors (Lipinski definition) is 1. The van der Waals surface area contributed by atoms with Crippen molar-refractivity contribution >= 4 is 11.6 Å². The number of ether oxygens (including phenoxy) is 1. The van der Waals surface area contributed by atoms with Crippen LogP contribution in [0.2, 0.25) is 5.02 Å². The SMILES string of the molecule is COc1cccc([C@H](C)NCc2cccc(Cl)c2F)c1. The molecule has 0 saturated carbocycles. The molecular formula is C16H17ClFNO. The summed E-state index contributed by atoms with van der Waals surface area (Å²) < 4.78 is 19.0. The van der Waals surface area contributed by atoms with Crippen molar-refractivity contribution in [3.63, 3.8) is 0 Å². The van der Waals surface area contributed by atoms with Crippen LogP contribution in [0.5, 0.6) is 5.75 Å². The molecule has 2 aromatic rings. The van der Waals surface area contributed by atoms with Gasteiger partial charge in [0.25, 0.3) is 0 Å². The topological polar surface area (TPSA) is 21.3 Å². The Morgan fingerprint density at radius 3 is 2.75 bits per heavy atom. The summed E-state index contributed by atoms with van der Waals surface area (Å²) in [6.07, 6.45) is 0. The number of rotatable bonds is 5. The molecule has 0 saturated heterocycles. The lowest BCUT2D eigenvalue weighted by molar-refractivity contribution is 0.413.